The Kier molecular flexibility index (Phi) is 2.89. The molecule has 5 nitrogen and oxygen atoms in total. The maximum Gasteiger partial charge on any atom is 0.306 e. The summed E-state index contributed by atoms with van der Waals surface area (Å²) in [6, 6.07) is 7.62. The molecule has 100 valence electrons. The second-order valence-electron chi connectivity index (χ2n) is 4.73. The van der Waals surface area contributed by atoms with Gasteiger partial charge in [-0.2, -0.15) is 0 Å². The third-order valence-electron chi connectivity index (χ3n) is 3.60. The molecule has 3 atom stereocenters. The number of carbonyl (C=O) groups is 2. The summed E-state index contributed by atoms with van der Waals surface area (Å²) < 4.78 is 10.6. The summed E-state index contributed by atoms with van der Waals surface area (Å²) in [4.78, 5) is 23.5. The molecule has 0 aliphatic carbocycles. The Hall–Kier alpha value is -2.04. The lowest BCUT2D eigenvalue weighted by molar-refractivity contribution is -0.146. The molecule has 19 heavy (non-hydrogen) atoms. The minimum absolute atomic E-state index is 0.0958. The van der Waals surface area contributed by atoms with Gasteiger partial charge in [0.15, 0.2) is 6.23 Å². The minimum Gasteiger partial charge on any atom is -0.470 e. The van der Waals surface area contributed by atoms with Gasteiger partial charge in [-0.3, -0.25) is 9.59 Å². The number of fused-ring (bicyclic) bond motifs is 3. The number of esters is 1. The molecule has 0 spiro atoms. The minimum atomic E-state index is -0.410. The Morgan fingerprint density at radius 1 is 1.42 bits per heavy atom. The lowest BCUT2D eigenvalue weighted by Gasteiger charge is -2.13. The highest BCUT2D eigenvalue weighted by Gasteiger charge is 2.50. The first-order valence-electron chi connectivity index (χ1n) is 6.42. The SMILES string of the molecule is CCOC(=O)C[C@H]1C(=O)N[C@H]2Oc3ccccc3[C@H]21. The Bertz CT molecular complexity index is 528. The van der Waals surface area contributed by atoms with Crippen molar-refractivity contribution in [1.82, 2.24) is 5.32 Å². The van der Waals surface area contributed by atoms with Crippen LogP contribution in [0, 0.1) is 5.92 Å². The van der Waals surface area contributed by atoms with Gasteiger partial charge in [0.1, 0.15) is 5.75 Å². The molecule has 2 aliphatic heterocycles. The van der Waals surface area contributed by atoms with E-state index in [1.54, 1.807) is 6.92 Å². The molecule has 0 bridgehead atoms. The molecule has 3 rings (SSSR count). The number of rotatable bonds is 3. The molecule has 2 heterocycles. The zero-order valence-corrected chi connectivity index (χ0v) is 10.6. The van der Waals surface area contributed by atoms with E-state index in [0.29, 0.717) is 6.61 Å². The first-order chi connectivity index (χ1) is 9.20. The van der Waals surface area contributed by atoms with Crippen LogP contribution in [0.4, 0.5) is 0 Å². The van der Waals surface area contributed by atoms with Crippen molar-refractivity contribution < 1.29 is 19.1 Å². The van der Waals surface area contributed by atoms with Gasteiger partial charge >= 0.3 is 5.97 Å². The van der Waals surface area contributed by atoms with E-state index in [9.17, 15) is 9.59 Å². The van der Waals surface area contributed by atoms with Gasteiger partial charge in [0.25, 0.3) is 0 Å². The van der Waals surface area contributed by atoms with Gasteiger partial charge in [-0.05, 0) is 13.0 Å². The maximum absolute atomic E-state index is 11.9. The monoisotopic (exact) mass is 261 g/mol. The third kappa shape index (κ3) is 1.95. The van der Waals surface area contributed by atoms with Gasteiger partial charge in [0, 0.05) is 5.56 Å². The Labute approximate surface area is 110 Å². The Morgan fingerprint density at radius 3 is 3.00 bits per heavy atom. The van der Waals surface area contributed by atoms with Crippen LogP contribution in [0.1, 0.15) is 24.8 Å². The number of nitrogens with one attached hydrogen (secondary N) is 1. The molecule has 0 unspecified atom stereocenters. The van der Waals surface area contributed by atoms with Crippen molar-refractivity contribution in [3.8, 4) is 5.75 Å². The molecule has 0 radical (unpaired) electrons. The number of benzene rings is 1. The van der Waals surface area contributed by atoms with Crippen LogP contribution in [0.25, 0.3) is 0 Å². The smallest absolute Gasteiger partial charge is 0.306 e. The van der Waals surface area contributed by atoms with Gasteiger partial charge < -0.3 is 14.8 Å². The number of para-hydroxylation sites is 1. The van der Waals surface area contributed by atoms with E-state index in [4.69, 9.17) is 9.47 Å². The molecule has 1 aromatic rings. The fourth-order valence-corrected chi connectivity index (χ4v) is 2.81. The topological polar surface area (TPSA) is 64.6 Å². The maximum atomic E-state index is 11.9. The van der Waals surface area contributed by atoms with E-state index in [0.717, 1.165) is 11.3 Å². The van der Waals surface area contributed by atoms with Crippen molar-refractivity contribution in [2.75, 3.05) is 6.61 Å². The van der Waals surface area contributed by atoms with Crippen LogP contribution in [0.15, 0.2) is 24.3 Å². The predicted molar refractivity (Wildman–Crippen MR) is 66.5 cm³/mol. The van der Waals surface area contributed by atoms with Crippen LogP contribution >= 0.6 is 0 Å². The zero-order chi connectivity index (χ0) is 13.4. The normalized spacial score (nSPS) is 27.2. The summed E-state index contributed by atoms with van der Waals surface area (Å²) in [6.07, 6.45) is -0.261. The van der Waals surface area contributed by atoms with Crippen LogP contribution in [0.3, 0.4) is 0 Å². The average Bonchev–Trinajstić information content (AvgIpc) is 2.87. The van der Waals surface area contributed by atoms with Gasteiger partial charge in [0.05, 0.1) is 24.9 Å². The molecule has 5 heteroatoms. The van der Waals surface area contributed by atoms with E-state index in [1.807, 2.05) is 24.3 Å². The van der Waals surface area contributed by atoms with Gasteiger partial charge in [0.2, 0.25) is 5.91 Å². The van der Waals surface area contributed by atoms with Crippen LogP contribution in [0.2, 0.25) is 0 Å². The van der Waals surface area contributed by atoms with E-state index in [2.05, 4.69) is 5.32 Å². The van der Waals surface area contributed by atoms with Crippen LogP contribution in [-0.2, 0) is 14.3 Å². The van der Waals surface area contributed by atoms with Crippen molar-refractivity contribution in [2.24, 2.45) is 5.92 Å². The summed E-state index contributed by atoms with van der Waals surface area (Å²) in [7, 11) is 0. The fraction of sp³-hybridized carbons (Fsp3) is 0.429. The largest absolute Gasteiger partial charge is 0.470 e. The van der Waals surface area contributed by atoms with Crippen molar-refractivity contribution in [3.63, 3.8) is 0 Å². The second-order valence-corrected chi connectivity index (χ2v) is 4.73. The zero-order valence-electron chi connectivity index (χ0n) is 10.6. The molecule has 1 saturated heterocycles. The van der Waals surface area contributed by atoms with Crippen molar-refractivity contribution in [2.45, 2.75) is 25.5 Å². The van der Waals surface area contributed by atoms with Crippen LogP contribution in [-0.4, -0.2) is 24.7 Å². The molecule has 1 aromatic carbocycles. The van der Waals surface area contributed by atoms with E-state index < -0.39 is 5.92 Å². The van der Waals surface area contributed by atoms with Crippen LogP contribution < -0.4 is 10.1 Å². The second kappa shape index (κ2) is 4.57. The lowest BCUT2D eigenvalue weighted by atomic mass is 9.86. The standard InChI is InChI=1S/C14H15NO4/c1-2-18-11(16)7-9-12-8-5-3-4-6-10(8)19-14(12)15-13(9)17/h3-6,9,12,14H,2,7H2,1H3,(H,15,17)/t9-,12+,14+/m1/s1. The van der Waals surface area contributed by atoms with Gasteiger partial charge in [-0.15, -0.1) is 0 Å². The molecule has 1 N–H and O–H groups in total. The lowest BCUT2D eigenvalue weighted by Crippen LogP contribution is -2.30. The molecule has 0 saturated carbocycles. The van der Waals surface area contributed by atoms with Gasteiger partial charge in [-0.1, -0.05) is 18.2 Å². The number of amides is 1. The summed E-state index contributed by atoms with van der Waals surface area (Å²) in [6.45, 7) is 2.08. The summed E-state index contributed by atoms with van der Waals surface area (Å²) in [5.41, 5.74) is 0.986. The quantitative estimate of drug-likeness (QED) is 0.830. The number of hydrogen-bond acceptors (Lipinski definition) is 4. The number of hydrogen-bond donors (Lipinski definition) is 1. The van der Waals surface area contributed by atoms with Crippen molar-refractivity contribution in [1.29, 1.82) is 0 Å². The van der Waals surface area contributed by atoms with Crippen LogP contribution in [0.5, 0.6) is 5.75 Å². The Balaban J connectivity index is 1.85. The van der Waals surface area contributed by atoms with Crippen molar-refractivity contribution >= 4 is 11.9 Å². The fourth-order valence-electron chi connectivity index (χ4n) is 2.81. The highest BCUT2D eigenvalue weighted by atomic mass is 16.5. The molecule has 1 fully saturated rings. The molecule has 2 aliphatic rings. The molecular weight excluding hydrogens is 246 g/mol. The summed E-state index contributed by atoms with van der Waals surface area (Å²) >= 11 is 0. The first kappa shape index (κ1) is 12.0. The molecule has 1 amide bonds. The number of carbonyl (C=O) groups excluding carboxylic acids is 2. The van der Waals surface area contributed by atoms with E-state index in [1.165, 1.54) is 0 Å². The van der Waals surface area contributed by atoms with E-state index in [-0.39, 0.29) is 30.4 Å². The first-order valence-corrected chi connectivity index (χ1v) is 6.42. The third-order valence-corrected chi connectivity index (χ3v) is 3.60. The predicted octanol–water partition coefficient (Wildman–Crippen LogP) is 1.19. The van der Waals surface area contributed by atoms with Crippen molar-refractivity contribution in [3.05, 3.63) is 29.8 Å². The highest BCUT2D eigenvalue weighted by molar-refractivity contribution is 5.87. The number of ether oxygens (including phenoxy) is 2. The molecule has 0 aromatic heterocycles. The highest BCUT2D eigenvalue weighted by Crippen LogP contribution is 2.45. The molecular formula is C14H15NO4. The summed E-state index contributed by atoms with van der Waals surface area (Å²) in [5.74, 6) is -0.211. The van der Waals surface area contributed by atoms with Gasteiger partial charge in [-0.25, -0.2) is 0 Å². The van der Waals surface area contributed by atoms with E-state index >= 15 is 0 Å². The Morgan fingerprint density at radius 2 is 2.21 bits per heavy atom. The average molecular weight is 261 g/mol. The summed E-state index contributed by atoms with van der Waals surface area (Å²) in [5, 5.41) is 2.79.